The molecule has 0 fully saturated rings. The molecular weight excluding hydrogens is 486 g/mol. The highest BCUT2D eigenvalue weighted by atomic mass is 16.5. The van der Waals surface area contributed by atoms with Gasteiger partial charge in [-0.2, -0.15) is 10.4 Å². The Hall–Kier alpha value is -5.50. The highest BCUT2D eigenvalue weighted by Gasteiger charge is 2.20. The molecule has 1 amide bonds. The van der Waals surface area contributed by atoms with Crippen LogP contribution in [-0.4, -0.2) is 44.4 Å². The van der Waals surface area contributed by atoms with Gasteiger partial charge in [0.05, 0.1) is 43.5 Å². The lowest BCUT2D eigenvalue weighted by Gasteiger charge is -2.10. The Morgan fingerprint density at radius 2 is 1.89 bits per heavy atom. The molecular formula is C27H21N7O4. The highest BCUT2D eigenvalue weighted by Crippen LogP contribution is 2.31. The van der Waals surface area contributed by atoms with E-state index in [1.807, 2.05) is 31.2 Å². The Kier molecular flexibility index (Phi) is 6.77. The van der Waals surface area contributed by atoms with Crippen molar-refractivity contribution in [2.45, 2.75) is 6.92 Å². The molecule has 1 aromatic carbocycles. The van der Waals surface area contributed by atoms with E-state index in [-0.39, 0.29) is 11.4 Å². The van der Waals surface area contributed by atoms with E-state index in [4.69, 9.17) is 19.5 Å². The van der Waals surface area contributed by atoms with Crippen LogP contribution in [0, 0.1) is 11.3 Å². The molecule has 0 saturated heterocycles. The van der Waals surface area contributed by atoms with Crippen molar-refractivity contribution in [3.05, 3.63) is 84.7 Å². The molecule has 5 aromatic rings. The molecule has 0 spiro atoms. The van der Waals surface area contributed by atoms with Gasteiger partial charge >= 0.3 is 0 Å². The fraction of sp³-hybridized carbons (Fsp3) is 0.111. The summed E-state index contributed by atoms with van der Waals surface area (Å²) in [6.45, 7) is 2.15. The summed E-state index contributed by atoms with van der Waals surface area (Å²) in [4.78, 5) is 25.7. The van der Waals surface area contributed by atoms with Gasteiger partial charge in [0.15, 0.2) is 11.4 Å². The van der Waals surface area contributed by atoms with Crippen LogP contribution in [0.4, 0.5) is 5.82 Å². The number of hydrogen-bond acceptors (Lipinski definition) is 9. The molecule has 0 saturated carbocycles. The summed E-state index contributed by atoms with van der Waals surface area (Å²) in [5.74, 6) is 1.87. The van der Waals surface area contributed by atoms with Crippen molar-refractivity contribution >= 4 is 22.6 Å². The summed E-state index contributed by atoms with van der Waals surface area (Å²) >= 11 is 0. The fourth-order valence-corrected chi connectivity index (χ4v) is 3.63. The van der Waals surface area contributed by atoms with Gasteiger partial charge in [0.1, 0.15) is 34.8 Å². The smallest absolute Gasteiger partial charge is 0.281 e. The molecule has 0 aliphatic carbocycles. The quantitative estimate of drug-likeness (QED) is 0.321. The molecule has 0 unspecified atom stereocenters. The number of aromatic nitrogens is 5. The van der Waals surface area contributed by atoms with E-state index in [1.54, 1.807) is 49.8 Å². The lowest BCUT2D eigenvalue weighted by molar-refractivity contribution is 0.101. The average Bonchev–Trinajstić information content (AvgIpc) is 3.38. The number of hydrogen-bond donors (Lipinski definition) is 1. The van der Waals surface area contributed by atoms with Crippen LogP contribution in [-0.2, 0) is 0 Å². The molecule has 0 aliphatic heterocycles. The molecule has 0 bridgehead atoms. The van der Waals surface area contributed by atoms with E-state index in [0.29, 0.717) is 41.1 Å². The third kappa shape index (κ3) is 5.05. The van der Waals surface area contributed by atoms with Gasteiger partial charge in [0.2, 0.25) is 0 Å². The zero-order valence-electron chi connectivity index (χ0n) is 20.5. The summed E-state index contributed by atoms with van der Waals surface area (Å²) in [5.41, 5.74) is 1.70. The fourth-order valence-electron chi connectivity index (χ4n) is 3.63. The number of amides is 1. The molecule has 188 valence electrons. The van der Waals surface area contributed by atoms with Crippen LogP contribution in [0.3, 0.4) is 0 Å². The van der Waals surface area contributed by atoms with E-state index < -0.39 is 5.91 Å². The van der Waals surface area contributed by atoms with Crippen LogP contribution in [0.15, 0.2) is 73.3 Å². The molecule has 4 aromatic heterocycles. The molecule has 0 atom stereocenters. The van der Waals surface area contributed by atoms with Crippen LogP contribution in [0.25, 0.3) is 16.6 Å². The molecule has 11 nitrogen and oxygen atoms in total. The van der Waals surface area contributed by atoms with Crippen LogP contribution >= 0.6 is 0 Å². The minimum atomic E-state index is -0.498. The predicted octanol–water partition coefficient (Wildman–Crippen LogP) is 4.53. The second kappa shape index (κ2) is 10.6. The van der Waals surface area contributed by atoms with Crippen molar-refractivity contribution in [1.29, 1.82) is 5.26 Å². The lowest BCUT2D eigenvalue weighted by atomic mass is 10.2. The highest BCUT2D eigenvalue weighted by molar-refractivity contribution is 6.04. The first-order valence-corrected chi connectivity index (χ1v) is 11.5. The number of benzene rings is 1. The monoisotopic (exact) mass is 507 g/mol. The first-order valence-electron chi connectivity index (χ1n) is 11.5. The summed E-state index contributed by atoms with van der Waals surface area (Å²) in [6.07, 6.45) is 6.24. The van der Waals surface area contributed by atoms with Gasteiger partial charge in [-0.3, -0.25) is 9.78 Å². The Balaban J connectivity index is 1.33. The van der Waals surface area contributed by atoms with Gasteiger partial charge < -0.3 is 19.5 Å². The number of nitrogens with one attached hydrogen (secondary N) is 1. The minimum absolute atomic E-state index is 0.0792. The lowest BCUT2D eigenvalue weighted by Crippen LogP contribution is -2.15. The number of methoxy groups -OCH3 is 1. The maximum Gasteiger partial charge on any atom is 0.281 e. The minimum Gasteiger partial charge on any atom is -0.497 e. The number of rotatable bonds is 8. The second-order valence-electron chi connectivity index (χ2n) is 7.86. The number of carbonyl (C=O) groups is 1. The zero-order valence-corrected chi connectivity index (χ0v) is 20.5. The normalized spacial score (nSPS) is 10.6. The summed E-state index contributed by atoms with van der Waals surface area (Å²) in [6, 6.07) is 15.8. The Bertz CT molecular complexity index is 1640. The number of carbonyl (C=O) groups excluding carboxylic acids is 1. The van der Waals surface area contributed by atoms with Crippen LogP contribution < -0.4 is 19.5 Å². The van der Waals surface area contributed by atoms with E-state index in [0.717, 1.165) is 10.9 Å². The zero-order chi connectivity index (χ0) is 26.5. The second-order valence-corrected chi connectivity index (χ2v) is 7.86. The molecule has 0 radical (unpaired) electrons. The first kappa shape index (κ1) is 24.2. The number of nitriles is 1. The number of nitrogens with zero attached hydrogens (tertiary/aromatic N) is 6. The van der Waals surface area contributed by atoms with E-state index >= 15 is 0 Å². The van der Waals surface area contributed by atoms with Crippen molar-refractivity contribution in [3.8, 4) is 34.8 Å². The van der Waals surface area contributed by atoms with Crippen molar-refractivity contribution < 1.29 is 19.0 Å². The van der Waals surface area contributed by atoms with Gasteiger partial charge in [0, 0.05) is 11.6 Å². The summed E-state index contributed by atoms with van der Waals surface area (Å²) in [7, 11) is 1.60. The van der Waals surface area contributed by atoms with Crippen molar-refractivity contribution in [2.24, 2.45) is 0 Å². The summed E-state index contributed by atoms with van der Waals surface area (Å²) in [5, 5.41) is 16.8. The SMILES string of the molecule is CCOc1cn(-c2ccc(C#N)nc2)nc1C(=O)Nc1ccc(Oc2ccnc3ccc(OC)cc23)cn1. The van der Waals surface area contributed by atoms with E-state index in [2.05, 4.69) is 25.4 Å². The van der Waals surface area contributed by atoms with Gasteiger partial charge in [0.25, 0.3) is 5.91 Å². The van der Waals surface area contributed by atoms with Crippen molar-refractivity contribution in [2.75, 3.05) is 19.0 Å². The van der Waals surface area contributed by atoms with Crippen molar-refractivity contribution in [1.82, 2.24) is 24.7 Å². The maximum absolute atomic E-state index is 13.0. The number of anilines is 1. The first-order chi connectivity index (χ1) is 18.6. The van der Waals surface area contributed by atoms with Gasteiger partial charge in [-0.05, 0) is 55.5 Å². The van der Waals surface area contributed by atoms with Crippen molar-refractivity contribution in [3.63, 3.8) is 0 Å². The van der Waals surface area contributed by atoms with Crippen LogP contribution in [0.2, 0.25) is 0 Å². The van der Waals surface area contributed by atoms with Gasteiger partial charge in [-0.15, -0.1) is 0 Å². The van der Waals surface area contributed by atoms with E-state index in [1.165, 1.54) is 17.1 Å². The molecule has 4 heterocycles. The third-order valence-corrected chi connectivity index (χ3v) is 5.44. The average molecular weight is 508 g/mol. The molecule has 1 N–H and O–H groups in total. The Labute approximate surface area is 217 Å². The predicted molar refractivity (Wildman–Crippen MR) is 138 cm³/mol. The third-order valence-electron chi connectivity index (χ3n) is 5.44. The number of fused-ring (bicyclic) bond motifs is 1. The Morgan fingerprint density at radius 1 is 1.03 bits per heavy atom. The number of pyridine rings is 3. The molecule has 11 heteroatoms. The topological polar surface area (TPSA) is 137 Å². The van der Waals surface area contributed by atoms with E-state index in [9.17, 15) is 4.79 Å². The van der Waals surface area contributed by atoms with Crippen LogP contribution in [0.1, 0.15) is 23.1 Å². The Morgan fingerprint density at radius 3 is 2.61 bits per heavy atom. The summed E-state index contributed by atoms with van der Waals surface area (Å²) < 4.78 is 18.4. The van der Waals surface area contributed by atoms with Gasteiger partial charge in [-0.25, -0.2) is 14.6 Å². The maximum atomic E-state index is 13.0. The standard InChI is InChI=1S/C27H21N7O4/c1-3-37-24-16-34(18-5-4-17(13-28)30-14-18)33-26(24)27(35)32-25-9-7-20(15-31-25)38-23-10-11-29-22-8-6-19(36-2)12-21(22)23/h4-12,14-16H,3H2,1-2H3,(H,31,32,35). The number of ether oxygens (including phenoxy) is 3. The molecule has 38 heavy (non-hydrogen) atoms. The van der Waals surface area contributed by atoms with Gasteiger partial charge in [-0.1, -0.05) is 0 Å². The molecule has 5 rings (SSSR count). The molecule has 0 aliphatic rings. The largest absolute Gasteiger partial charge is 0.497 e. The van der Waals surface area contributed by atoms with Crippen LogP contribution in [0.5, 0.6) is 23.0 Å².